The smallest absolute Gasteiger partial charge is 0.213 e. The van der Waals surface area contributed by atoms with Crippen molar-refractivity contribution in [2.45, 2.75) is 0 Å². The maximum atomic E-state index is 4.13. The van der Waals surface area contributed by atoms with Gasteiger partial charge in [-0.3, -0.25) is 4.99 Å². The van der Waals surface area contributed by atoms with Gasteiger partial charge in [-0.2, -0.15) is 5.10 Å². The number of halogens is 1. The standard InChI is InChI=1S/C17H20BrN5/c1-19-17(22(2)3)21-20-12-6-8-14-9-7-13-23(14)16-11-5-4-10-15(16)18/h4-13H,1-3H3,(H,19,21)/b8-6+,20-12+. The lowest BCUT2D eigenvalue weighted by Crippen LogP contribution is -2.32. The van der Waals surface area contributed by atoms with Crippen LogP contribution in [0.3, 0.4) is 0 Å². The molecule has 0 saturated carbocycles. The highest BCUT2D eigenvalue weighted by Crippen LogP contribution is 2.22. The lowest BCUT2D eigenvalue weighted by Gasteiger charge is -2.12. The summed E-state index contributed by atoms with van der Waals surface area (Å²) in [5.74, 6) is 0.700. The van der Waals surface area contributed by atoms with Gasteiger partial charge in [0.1, 0.15) is 0 Å². The Bertz CT molecular complexity index is 728. The van der Waals surface area contributed by atoms with Gasteiger partial charge in [-0.25, -0.2) is 5.43 Å². The summed E-state index contributed by atoms with van der Waals surface area (Å²) in [4.78, 5) is 5.94. The SMILES string of the molecule is CN=C(N/N=C/C=C/c1cccn1-c1ccccc1Br)N(C)C. The minimum atomic E-state index is 0.700. The highest BCUT2D eigenvalue weighted by molar-refractivity contribution is 9.10. The molecule has 1 aromatic carbocycles. The fraction of sp³-hybridized carbons (Fsp3) is 0.176. The van der Waals surface area contributed by atoms with Gasteiger partial charge < -0.3 is 9.47 Å². The van der Waals surface area contributed by atoms with Gasteiger partial charge in [0.2, 0.25) is 5.96 Å². The van der Waals surface area contributed by atoms with Crippen LogP contribution in [0.2, 0.25) is 0 Å². The molecule has 1 heterocycles. The number of hydrogen-bond donors (Lipinski definition) is 1. The lowest BCUT2D eigenvalue weighted by atomic mass is 10.3. The first-order valence-electron chi connectivity index (χ1n) is 7.15. The fourth-order valence-corrected chi connectivity index (χ4v) is 2.50. The van der Waals surface area contributed by atoms with Crippen LogP contribution in [0.4, 0.5) is 0 Å². The van der Waals surface area contributed by atoms with Gasteiger partial charge in [-0.15, -0.1) is 0 Å². The minimum absolute atomic E-state index is 0.700. The van der Waals surface area contributed by atoms with Crippen LogP contribution in [-0.4, -0.2) is 42.8 Å². The molecule has 0 radical (unpaired) electrons. The lowest BCUT2D eigenvalue weighted by molar-refractivity contribution is 0.589. The molecule has 0 amide bonds. The molecule has 0 bridgehead atoms. The number of hydrazone groups is 1. The van der Waals surface area contributed by atoms with Crippen molar-refractivity contribution in [3.05, 3.63) is 58.8 Å². The molecule has 0 aliphatic carbocycles. The van der Waals surface area contributed by atoms with Gasteiger partial charge in [-0.1, -0.05) is 12.1 Å². The van der Waals surface area contributed by atoms with E-state index in [4.69, 9.17) is 0 Å². The predicted molar refractivity (Wildman–Crippen MR) is 101 cm³/mol. The van der Waals surface area contributed by atoms with Crippen molar-refractivity contribution in [1.29, 1.82) is 0 Å². The molecule has 1 N–H and O–H groups in total. The second-order valence-corrected chi connectivity index (χ2v) is 5.80. The molecule has 2 aromatic rings. The summed E-state index contributed by atoms with van der Waals surface area (Å²) >= 11 is 3.58. The number of allylic oxidation sites excluding steroid dienone is 1. The summed E-state index contributed by atoms with van der Waals surface area (Å²) in [6.45, 7) is 0. The van der Waals surface area contributed by atoms with Crippen molar-refractivity contribution in [2.24, 2.45) is 10.1 Å². The molecular formula is C17H20BrN5. The third-order valence-electron chi connectivity index (χ3n) is 3.12. The van der Waals surface area contributed by atoms with Crippen molar-refractivity contribution >= 4 is 34.2 Å². The normalized spacial score (nSPS) is 12.3. The number of nitrogens with zero attached hydrogens (tertiary/aromatic N) is 4. The molecule has 23 heavy (non-hydrogen) atoms. The van der Waals surface area contributed by atoms with Gasteiger partial charge >= 0.3 is 0 Å². The van der Waals surface area contributed by atoms with Crippen LogP contribution in [0.15, 0.2) is 63.2 Å². The molecule has 2 rings (SSSR count). The first-order chi connectivity index (χ1) is 11.1. The highest BCUT2D eigenvalue weighted by atomic mass is 79.9. The van der Waals surface area contributed by atoms with E-state index in [9.17, 15) is 0 Å². The van der Waals surface area contributed by atoms with Crippen molar-refractivity contribution in [2.75, 3.05) is 21.1 Å². The molecule has 5 nitrogen and oxygen atoms in total. The van der Waals surface area contributed by atoms with Crippen LogP contribution in [0.1, 0.15) is 5.69 Å². The van der Waals surface area contributed by atoms with E-state index in [0.717, 1.165) is 15.9 Å². The van der Waals surface area contributed by atoms with Crippen molar-refractivity contribution in [3.8, 4) is 5.69 Å². The zero-order chi connectivity index (χ0) is 16.7. The largest absolute Gasteiger partial charge is 0.348 e. The number of benzene rings is 1. The number of hydrogen-bond acceptors (Lipinski definition) is 2. The van der Waals surface area contributed by atoms with Crippen LogP contribution >= 0.6 is 15.9 Å². The maximum Gasteiger partial charge on any atom is 0.213 e. The number of para-hydroxylation sites is 1. The molecule has 0 aliphatic heterocycles. The molecule has 0 atom stereocenters. The molecule has 1 aromatic heterocycles. The first kappa shape index (κ1) is 17.0. The Morgan fingerprint density at radius 3 is 2.70 bits per heavy atom. The Hall–Kier alpha value is -2.34. The Morgan fingerprint density at radius 2 is 2.00 bits per heavy atom. The second kappa shape index (κ2) is 8.33. The molecular weight excluding hydrogens is 354 g/mol. The Kier molecular flexibility index (Phi) is 6.17. The van der Waals surface area contributed by atoms with Crippen LogP contribution in [-0.2, 0) is 0 Å². The summed E-state index contributed by atoms with van der Waals surface area (Å²) in [6, 6.07) is 12.2. The summed E-state index contributed by atoms with van der Waals surface area (Å²) in [6.07, 6.45) is 7.62. The first-order valence-corrected chi connectivity index (χ1v) is 7.95. The maximum absolute atomic E-state index is 4.13. The Labute approximate surface area is 145 Å². The minimum Gasteiger partial charge on any atom is -0.348 e. The molecule has 6 heteroatoms. The zero-order valence-corrected chi connectivity index (χ0v) is 15.0. The average Bonchev–Trinajstić information content (AvgIpc) is 2.99. The molecule has 0 fully saturated rings. The molecule has 0 saturated heterocycles. The van der Waals surface area contributed by atoms with Gasteiger partial charge in [0.25, 0.3) is 0 Å². The number of guanidine groups is 1. The highest BCUT2D eigenvalue weighted by Gasteiger charge is 2.03. The molecule has 120 valence electrons. The Morgan fingerprint density at radius 1 is 1.22 bits per heavy atom. The Balaban J connectivity index is 2.08. The molecule has 0 unspecified atom stereocenters. The molecule has 0 spiro atoms. The zero-order valence-electron chi connectivity index (χ0n) is 13.4. The summed E-state index contributed by atoms with van der Waals surface area (Å²) in [5.41, 5.74) is 5.05. The monoisotopic (exact) mass is 373 g/mol. The van der Waals surface area contributed by atoms with Gasteiger partial charge in [0.05, 0.1) is 5.69 Å². The van der Waals surface area contributed by atoms with E-state index < -0.39 is 0 Å². The van der Waals surface area contributed by atoms with Crippen molar-refractivity contribution < 1.29 is 0 Å². The van der Waals surface area contributed by atoms with E-state index in [1.165, 1.54) is 0 Å². The topological polar surface area (TPSA) is 44.9 Å². The molecule has 0 aliphatic rings. The van der Waals surface area contributed by atoms with Crippen molar-refractivity contribution in [1.82, 2.24) is 14.9 Å². The number of nitrogens with one attached hydrogen (secondary N) is 1. The quantitative estimate of drug-likeness (QED) is 0.507. The van der Waals surface area contributed by atoms with E-state index in [0.29, 0.717) is 5.96 Å². The van der Waals surface area contributed by atoms with Crippen LogP contribution in [0, 0.1) is 0 Å². The van der Waals surface area contributed by atoms with Gasteiger partial charge in [-0.05, 0) is 52.3 Å². The summed E-state index contributed by atoms with van der Waals surface area (Å²) in [7, 11) is 5.54. The van der Waals surface area contributed by atoms with E-state index >= 15 is 0 Å². The van der Waals surface area contributed by atoms with E-state index in [-0.39, 0.29) is 0 Å². The number of aliphatic imine (C=N–C) groups is 1. The number of rotatable bonds is 4. The average molecular weight is 374 g/mol. The second-order valence-electron chi connectivity index (χ2n) is 4.95. The van der Waals surface area contributed by atoms with Crippen LogP contribution < -0.4 is 5.43 Å². The van der Waals surface area contributed by atoms with Crippen LogP contribution in [0.25, 0.3) is 11.8 Å². The van der Waals surface area contributed by atoms with Gasteiger partial charge in [0, 0.05) is 43.7 Å². The fourth-order valence-electron chi connectivity index (χ4n) is 2.03. The number of aromatic nitrogens is 1. The summed E-state index contributed by atoms with van der Waals surface area (Å²) in [5, 5.41) is 4.13. The van der Waals surface area contributed by atoms with E-state index in [2.05, 4.69) is 48.1 Å². The predicted octanol–water partition coefficient (Wildman–Crippen LogP) is 3.38. The van der Waals surface area contributed by atoms with E-state index in [1.807, 2.05) is 61.6 Å². The van der Waals surface area contributed by atoms with Crippen molar-refractivity contribution in [3.63, 3.8) is 0 Å². The summed E-state index contributed by atoms with van der Waals surface area (Å²) < 4.78 is 3.16. The van der Waals surface area contributed by atoms with Gasteiger partial charge in [0.15, 0.2) is 0 Å². The van der Waals surface area contributed by atoms with E-state index in [1.54, 1.807) is 13.3 Å². The van der Waals surface area contributed by atoms with Crippen LogP contribution in [0.5, 0.6) is 0 Å². The third kappa shape index (κ3) is 4.56. The third-order valence-corrected chi connectivity index (χ3v) is 3.79.